The minimum Gasteiger partial charge on any atom is -0.481 e. The first-order valence-corrected chi connectivity index (χ1v) is 7.21. The van der Waals surface area contributed by atoms with Gasteiger partial charge in [-0.05, 0) is 44.0 Å². The molecule has 1 aliphatic carbocycles. The summed E-state index contributed by atoms with van der Waals surface area (Å²) in [5, 5.41) is 3.04. The molecule has 0 aliphatic heterocycles. The first kappa shape index (κ1) is 14.6. The summed E-state index contributed by atoms with van der Waals surface area (Å²) in [6.45, 7) is 1.74. The molecule has 1 N–H and O–H groups in total. The number of hydrogen-bond donors (Lipinski definition) is 1. The van der Waals surface area contributed by atoms with E-state index in [0.717, 1.165) is 19.1 Å². The molecule has 0 spiro atoms. The van der Waals surface area contributed by atoms with Crippen LogP contribution in [0.15, 0.2) is 24.3 Å². The van der Waals surface area contributed by atoms with Crippen molar-refractivity contribution in [1.82, 2.24) is 5.32 Å². The maximum absolute atomic E-state index is 12.0. The predicted octanol–water partition coefficient (Wildman–Crippen LogP) is 2.72. The number of aldehydes is 1. The number of ether oxygens (including phenoxy) is 1. The van der Waals surface area contributed by atoms with Crippen molar-refractivity contribution >= 4 is 12.2 Å². The molecule has 1 aromatic rings. The summed E-state index contributed by atoms with van der Waals surface area (Å²) < 4.78 is 5.59. The van der Waals surface area contributed by atoms with E-state index in [2.05, 4.69) is 5.32 Å². The highest BCUT2D eigenvalue weighted by molar-refractivity contribution is 5.81. The maximum Gasteiger partial charge on any atom is 0.260 e. The van der Waals surface area contributed by atoms with E-state index in [1.54, 1.807) is 31.2 Å². The monoisotopic (exact) mass is 275 g/mol. The number of amides is 1. The Balaban J connectivity index is 1.84. The third kappa shape index (κ3) is 4.08. The van der Waals surface area contributed by atoms with Crippen molar-refractivity contribution in [2.75, 3.05) is 0 Å². The Bertz CT molecular complexity index is 449. The summed E-state index contributed by atoms with van der Waals surface area (Å²) in [6.07, 6.45) is 6.02. The molecule has 0 radical (unpaired) electrons. The molecule has 1 unspecified atom stereocenters. The van der Waals surface area contributed by atoms with Gasteiger partial charge in [0.15, 0.2) is 6.10 Å². The fourth-order valence-electron chi connectivity index (χ4n) is 2.45. The van der Waals surface area contributed by atoms with Crippen molar-refractivity contribution in [3.05, 3.63) is 29.8 Å². The van der Waals surface area contributed by atoms with E-state index in [1.165, 1.54) is 19.3 Å². The van der Waals surface area contributed by atoms with Gasteiger partial charge in [-0.1, -0.05) is 19.3 Å². The Morgan fingerprint density at radius 1 is 1.25 bits per heavy atom. The summed E-state index contributed by atoms with van der Waals surface area (Å²) >= 11 is 0. The predicted molar refractivity (Wildman–Crippen MR) is 76.9 cm³/mol. The van der Waals surface area contributed by atoms with Gasteiger partial charge in [-0.25, -0.2) is 0 Å². The number of carbonyl (C=O) groups excluding carboxylic acids is 2. The van der Waals surface area contributed by atoms with Gasteiger partial charge in [0.25, 0.3) is 5.91 Å². The Kier molecular flexibility index (Phi) is 5.16. The molecule has 0 aromatic heterocycles. The minimum absolute atomic E-state index is 0.0728. The molecule has 1 atom stereocenters. The fraction of sp³-hybridized carbons (Fsp3) is 0.500. The topological polar surface area (TPSA) is 55.4 Å². The van der Waals surface area contributed by atoms with E-state index in [-0.39, 0.29) is 5.91 Å². The van der Waals surface area contributed by atoms with Gasteiger partial charge in [0, 0.05) is 11.6 Å². The van der Waals surface area contributed by atoms with Crippen molar-refractivity contribution in [3.63, 3.8) is 0 Å². The molecule has 1 fully saturated rings. The van der Waals surface area contributed by atoms with Crippen LogP contribution in [0.2, 0.25) is 0 Å². The van der Waals surface area contributed by atoms with Crippen molar-refractivity contribution in [1.29, 1.82) is 0 Å². The second-order valence-corrected chi connectivity index (χ2v) is 5.29. The third-order valence-corrected chi connectivity index (χ3v) is 3.65. The Morgan fingerprint density at radius 3 is 2.50 bits per heavy atom. The van der Waals surface area contributed by atoms with Crippen LogP contribution in [0.25, 0.3) is 0 Å². The summed E-state index contributed by atoms with van der Waals surface area (Å²) in [5.74, 6) is 0.526. The number of nitrogens with one attached hydrogen (secondary N) is 1. The van der Waals surface area contributed by atoms with Gasteiger partial charge >= 0.3 is 0 Å². The molecule has 0 heterocycles. The van der Waals surface area contributed by atoms with Crippen molar-refractivity contribution < 1.29 is 14.3 Å². The highest BCUT2D eigenvalue weighted by atomic mass is 16.5. The van der Waals surface area contributed by atoms with Crippen molar-refractivity contribution in [3.8, 4) is 5.75 Å². The summed E-state index contributed by atoms with van der Waals surface area (Å²) in [6, 6.07) is 7.05. The van der Waals surface area contributed by atoms with Gasteiger partial charge in [0.05, 0.1) is 0 Å². The summed E-state index contributed by atoms with van der Waals surface area (Å²) in [4.78, 5) is 22.6. The standard InChI is InChI=1S/C16H21NO3/c1-12(16(19)17-14-5-3-2-4-6-14)20-15-9-7-13(11-18)8-10-15/h7-12,14H,2-6H2,1H3,(H,17,19). The summed E-state index contributed by atoms with van der Waals surface area (Å²) in [7, 11) is 0. The molecule has 1 amide bonds. The van der Waals surface area contributed by atoms with Crippen LogP contribution in [0, 0.1) is 0 Å². The van der Waals surface area contributed by atoms with Crippen LogP contribution in [0.1, 0.15) is 49.4 Å². The van der Waals surface area contributed by atoms with Crippen LogP contribution >= 0.6 is 0 Å². The van der Waals surface area contributed by atoms with Gasteiger partial charge in [-0.15, -0.1) is 0 Å². The number of carbonyl (C=O) groups is 2. The van der Waals surface area contributed by atoms with Crippen LogP contribution in [-0.2, 0) is 4.79 Å². The molecule has 0 saturated heterocycles. The number of hydrogen-bond acceptors (Lipinski definition) is 3. The highest BCUT2D eigenvalue weighted by Gasteiger charge is 2.20. The van der Waals surface area contributed by atoms with E-state index in [1.807, 2.05) is 0 Å². The molecule has 20 heavy (non-hydrogen) atoms. The molecule has 1 aromatic carbocycles. The van der Waals surface area contributed by atoms with E-state index in [9.17, 15) is 9.59 Å². The van der Waals surface area contributed by atoms with Gasteiger partial charge in [-0.2, -0.15) is 0 Å². The number of rotatable bonds is 5. The molecular formula is C16H21NO3. The molecule has 0 bridgehead atoms. The molecular weight excluding hydrogens is 254 g/mol. The van der Waals surface area contributed by atoms with Crippen LogP contribution in [0.3, 0.4) is 0 Å². The molecule has 4 nitrogen and oxygen atoms in total. The van der Waals surface area contributed by atoms with Crippen LogP contribution in [-0.4, -0.2) is 24.3 Å². The van der Waals surface area contributed by atoms with Gasteiger partial charge in [0.2, 0.25) is 0 Å². The van der Waals surface area contributed by atoms with Gasteiger partial charge in [0.1, 0.15) is 12.0 Å². The van der Waals surface area contributed by atoms with E-state index < -0.39 is 6.10 Å². The lowest BCUT2D eigenvalue weighted by Crippen LogP contribution is -2.43. The Labute approximate surface area is 119 Å². The second kappa shape index (κ2) is 7.08. The SMILES string of the molecule is CC(Oc1ccc(C=O)cc1)C(=O)NC1CCCCC1. The van der Waals surface area contributed by atoms with E-state index in [0.29, 0.717) is 17.4 Å². The Hall–Kier alpha value is -1.84. The average molecular weight is 275 g/mol. The van der Waals surface area contributed by atoms with Crippen LogP contribution < -0.4 is 10.1 Å². The fourth-order valence-corrected chi connectivity index (χ4v) is 2.45. The number of benzene rings is 1. The lowest BCUT2D eigenvalue weighted by molar-refractivity contribution is -0.128. The molecule has 1 saturated carbocycles. The van der Waals surface area contributed by atoms with Crippen molar-refractivity contribution in [2.24, 2.45) is 0 Å². The van der Waals surface area contributed by atoms with Crippen LogP contribution in [0.4, 0.5) is 0 Å². The summed E-state index contributed by atoms with van der Waals surface area (Å²) in [5.41, 5.74) is 0.594. The zero-order chi connectivity index (χ0) is 14.4. The lowest BCUT2D eigenvalue weighted by atomic mass is 9.95. The minimum atomic E-state index is -0.529. The van der Waals surface area contributed by atoms with Crippen molar-refractivity contribution in [2.45, 2.75) is 51.2 Å². The molecule has 4 heteroatoms. The molecule has 1 aliphatic rings. The molecule has 2 rings (SSSR count). The van der Waals surface area contributed by atoms with E-state index in [4.69, 9.17) is 4.74 Å². The van der Waals surface area contributed by atoms with Gasteiger partial charge < -0.3 is 10.1 Å². The lowest BCUT2D eigenvalue weighted by Gasteiger charge is -2.24. The maximum atomic E-state index is 12.0. The van der Waals surface area contributed by atoms with Crippen LogP contribution in [0.5, 0.6) is 5.75 Å². The average Bonchev–Trinajstić information content (AvgIpc) is 2.49. The van der Waals surface area contributed by atoms with E-state index >= 15 is 0 Å². The first-order chi connectivity index (χ1) is 9.69. The zero-order valence-electron chi connectivity index (χ0n) is 11.8. The quantitative estimate of drug-likeness (QED) is 0.841. The van der Waals surface area contributed by atoms with Gasteiger partial charge in [-0.3, -0.25) is 9.59 Å². The third-order valence-electron chi connectivity index (χ3n) is 3.65. The Morgan fingerprint density at radius 2 is 1.90 bits per heavy atom. The first-order valence-electron chi connectivity index (χ1n) is 7.21. The molecule has 108 valence electrons. The zero-order valence-corrected chi connectivity index (χ0v) is 11.8. The second-order valence-electron chi connectivity index (χ2n) is 5.29. The highest BCUT2D eigenvalue weighted by Crippen LogP contribution is 2.18. The smallest absolute Gasteiger partial charge is 0.260 e. The largest absolute Gasteiger partial charge is 0.481 e. The normalized spacial score (nSPS) is 17.2.